The summed E-state index contributed by atoms with van der Waals surface area (Å²) in [4.78, 5) is 4.01. The van der Waals surface area contributed by atoms with E-state index in [0.29, 0.717) is 16.1 Å². The van der Waals surface area contributed by atoms with Crippen LogP contribution in [0.1, 0.15) is 22.8 Å². The van der Waals surface area contributed by atoms with Crippen LogP contribution in [-0.4, -0.2) is 15.8 Å². The summed E-state index contributed by atoms with van der Waals surface area (Å²) >= 11 is 13.6. The molecule has 0 saturated heterocycles. The summed E-state index contributed by atoms with van der Waals surface area (Å²) in [5, 5.41) is 26.1. The molecular weight excluding hydrogens is 613 g/mol. The first-order valence-corrected chi connectivity index (χ1v) is 9.02. The molecule has 128 valence electrons. The van der Waals surface area contributed by atoms with E-state index in [1.807, 2.05) is 16.8 Å². The quantitative estimate of drug-likeness (QED) is 0.309. The van der Waals surface area contributed by atoms with Crippen molar-refractivity contribution in [3.63, 3.8) is 0 Å². The van der Waals surface area contributed by atoms with Gasteiger partial charge in [-0.15, -0.1) is 23.3 Å². The van der Waals surface area contributed by atoms with E-state index < -0.39 is 6.10 Å². The molecule has 3 rings (SSSR count). The molecule has 2 heterocycles. The Morgan fingerprint density at radius 2 is 2.04 bits per heavy atom. The van der Waals surface area contributed by atoms with Crippen LogP contribution >= 0.6 is 34.5 Å². The van der Waals surface area contributed by atoms with Gasteiger partial charge in [0.1, 0.15) is 0 Å². The Morgan fingerprint density at radius 1 is 1.23 bits per heavy atom. The summed E-state index contributed by atoms with van der Waals surface area (Å²) in [6.45, 7) is 0. The van der Waals surface area contributed by atoms with E-state index in [2.05, 4.69) is 11.1 Å². The molecule has 0 aliphatic heterocycles. The third kappa shape index (κ3) is 5.07. The van der Waals surface area contributed by atoms with E-state index >= 15 is 0 Å². The van der Waals surface area contributed by atoms with Crippen LogP contribution in [0.15, 0.2) is 65.1 Å². The van der Waals surface area contributed by atoms with Crippen molar-refractivity contribution in [1.29, 1.82) is 0 Å². The summed E-state index contributed by atoms with van der Waals surface area (Å²) in [5.41, 5.74) is 1.70. The van der Waals surface area contributed by atoms with Gasteiger partial charge in [0, 0.05) is 28.0 Å². The molecule has 0 radical (unpaired) electrons. The number of aliphatic hydroxyl groups is 1. The SMILES string of the molecule is [N-]=C(C(=[C-]c1ccsc1)C(O)c1cccnc1)c1ccc(Cl)cc1Cl.[U+2]. The predicted molar refractivity (Wildman–Crippen MR) is 103 cm³/mol. The van der Waals surface area contributed by atoms with Gasteiger partial charge in [0.05, 0.1) is 6.10 Å². The number of aromatic nitrogens is 1. The van der Waals surface area contributed by atoms with Gasteiger partial charge in [-0.2, -0.15) is 0 Å². The first-order valence-electron chi connectivity index (χ1n) is 7.32. The van der Waals surface area contributed by atoms with Crippen molar-refractivity contribution < 1.29 is 36.2 Å². The van der Waals surface area contributed by atoms with Crippen molar-refractivity contribution in [2.75, 3.05) is 0 Å². The van der Waals surface area contributed by atoms with Crippen LogP contribution in [-0.2, 0) is 0 Å². The Morgan fingerprint density at radius 3 is 2.65 bits per heavy atom. The summed E-state index contributed by atoms with van der Waals surface area (Å²) in [7, 11) is 0. The molecule has 1 unspecified atom stereocenters. The number of pyridine rings is 1. The smallest absolute Gasteiger partial charge is 0.854 e. The zero-order chi connectivity index (χ0) is 17.8. The van der Waals surface area contributed by atoms with Crippen LogP contribution in [0.4, 0.5) is 0 Å². The summed E-state index contributed by atoms with van der Waals surface area (Å²) in [6.07, 6.45) is 5.11. The van der Waals surface area contributed by atoms with Gasteiger partial charge >= 0.3 is 31.1 Å². The van der Waals surface area contributed by atoms with Gasteiger partial charge < -0.3 is 10.5 Å². The molecular formula is C19H12Cl2N2OSU. The third-order valence-electron chi connectivity index (χ3n) is 3.52. The average Bonchev–Trinajstić information content (AvgIpc) is 3.12. The maximum absolute atomic E-state index is 10.8. The maximum atomic E-state index is 10.8. The molecule has 7 heteroatoms. The van der Waals surface area contributed by atoms with Gasteiger partial charge in [-0.1, -0.05) is 51.7 Å². The van der Waals surface area contributed by atoms with Crippen molar-refractivity contribution in [1.82, 2.24) is 4.98 Å². The number of hydrogen-bond donors (Lipinski definition) is 1. The van der Waals surface area contributed by atoms with E-state index in [4.69, 9.17) is 23.2 Å². The molecule has 1 atom stereocenters. The van der Waals surface area contributed by atoms with Crippen molar-refractivity contribution >= 4 is 40.3 Å². The van der Waals surface area contributed by atoms with E-state index in [9.17, 15) is 10.5 Å². The fourth-order valence-corrected chi connectivity index (χ4v) is 3.36. The number of nitrogens with zero attached hydrogens (tertiary/aromatic N) is 2. The van der Waals surface area contributed by atoms with Gasteiger partial charge in [-0.3, -0.25) is 4.98 Å². The molecule has 0 fully saturated rings. The van der Waals surface area contributed by atoms with Crippen LogP contribution in [0.3, 0.4) is 0 Å². The number of rotatable bonds is 5. The molecule has 0 aliphatic rings. The number of benzene rings is 1. The molecule has 0 spiro atoms. The van der Waals surface area contributed by atoms with E-state index in [0.717, 1.165) is 5.56 Å². The van der Waals surface area contributed by atoms with Crippen LogP contribution in [0.5, 0.6) is 0 Å². The molecule has 1 N–H and O–H groups in total. The Bertz CT molecular complexity index is 915. The second-order valence-corrected chi connectivity index (χ2v) is 6.84. The summed E-state index contributed by atoms with van der Waals surface area (Å²) in [5.74, 6) is 0. The molecule has 26 heavy (non-hydrogen) atoms. The van der Waals surface area contributed by atoms with E-state index in [1.165, 1.54) is 23.6 Å². The molecule has 0 bridgehead atoms. The average molecular weight is 625 g/mol. The Kier molecular flexibility index (Phi) is 8.10. The fourth-order valence-electron chi connectivity index (χ4n) is 2.28. The summed E-state index contributed by atoms with van der Waals surface area (Å²) in [6, 6.07) is 10.0. The molecule has 0 saturated carbocycles. The van der Waals surface area contributed by atoms with Crippen LogP contribution < -0.4 is 0 Å². The summed E-state index contributed by atoms with van der Waals surface area (Å²) < 4.78 is 0. The minimum absolute atomic E-state index is 0. The first kappa shape index (κ1) is 21.4. The van der Waals surface area contributed by atoms with E-state index in [-0.39, 0.29) is 47.4 Å². The van der Waals surface area contributed by atoms with Crippen molar-refractivity contribution in [3.05, 3.63) is 103 Å². The zero-order valence-corrected chi connectivity index (χ0v) is 19.8. The number of thiophene rings is 1. The standard InChI is InChI=1S/C19H12Cl2N2OS.U/c20-14-3-4-15(17(21)9-14)18(22)16(8-12-5-7-25-11-12)19(24)13-2-1-6-23-10-13;/h1-7,9-11,19,24H;/q-2;+2. The van der Waals surface area contributed by atoms with Crippen LogP contribution in [0.2, 0.25) is 10.0 Å². The van der Waals surface area contributed by atoms with Gasteiger partial charge in [0.15, 0.2) is 0 Å². The van der Waals surface area contributed by atoms with Gasteiger partial charge in [0.25, 0.3) is 0 Å². The molecule has 3 aromatic rings. The van der Waals surface area contributed by atoms with Gasteiger partial charge in [-0.25, -0.2) is 17.0 Å². The monoisotopic (exact) mass is 624 g/mol. The second kappa shape index (κ2) is 9.85. The first-order chi connectivity index (χ1) is 12.1. The molecule has 2 aromatic heterocycles. The Labute approximate surface area is 189 Å². The minimum atomic E-state index is -1.11. The van der Waals surface area contributed by atoms with Crippen molar-refractivity contribution in [3.8, 4) is 0 Å². The van der Waals surface area contributed by atoms with Gasteiger partial charge in [0.2, 0.25) is 0 Å². The maximum Gasteiger partial charge on any atom is 2.00 e. The van der Waals surface area contributed by atoms with Crippen molar-refractivity contribution in [2.24, 2.45) is 0 Å². The number of halogens is 2. The minimum Gasteiger partial charge on any atom is -0.854 e. The number of hydrogen-bond acceptors (Lipinski definition) is 3. The van der Waals surface area contributed by atoms with E-state index in [1.54, 1.807) is 30.5 Å². The normalized spacial score (nSPS) is 12.3. The molecule has 0 amide bonds. The zero-order valence-electron chi connectivity index (χ0n) is 13.4. The van der Waals surface area contributed by atoms with Crippen LogP contribution in [0, 0.1) is 37.2 Å². The predicted octanol–water partition coefficient (Wildman–Crippen LogP) is 5.32. The topological polar surface area (TPSA) is 55.4 Å². The molecule has 0 aliphatic carbocycles. The largest absolute Gasteiger partial charge is 2.00 e. The fraction of sp³-hybridized carbons (Fsp3) is 0.0526. The van der Waals surface area contributed by atoms with Crippen LogP contribution in [0.25, 0.3) is 5.41 Å². The Hall–Kier alpha value is -0.928. The number of aliphatic hydroxyl groups excluding tert-OH is 1. The van der Waals surface area contributed by atoms with Crippen molar-refractivity contribution in [2.45, 2.75) is 6.10 Å². The molecule has 3 nitrogen and oxygen atoms in total. The second-order valence-electron chi connectivity index (χ2n) is 5.21. The molecule has 1 aromatic carbocycles. The third-order valence-corrected chi connectivity index (χ3v) is 4.75. The Balaban J connectivity index is 0.00000243. The van der Waals surface area contributed by atoms with Gasteiger partial charge in [-0.05, 0) is 18.2 Å².